The van der Waals surface area contributed by atoms with E-state index in [1.54, 1.807) is 11.0 Å². The number of rotatable bonds is 6. The van der Waals surface area contributed by atoms with E-state index < -0.39 is 0 Å². The van der Waals surface area contributed by atoms with Crippen molar-refractivity contribution in [3.63, 3.8) is 0 Å². The number of aromatic nitrogens is 3. The Balaban J connectivity index is 1.43. The highest BCUT2D eigenvalue weighted by atomic mass is 35.5. The monoisotopic (exact) mass is 500 g/mol. The summed E-state index contributed by atoms with van der Waals surface area (Å²) in [7, 11) is 0. The molecule has 0 aliphatic carbocycles. The van der Waals surface area contributed by atoms with Crippen LogP contribution in [0.1, 0.15) is 21.1 Å². The van der Waals surface area contributed by atoms with E-state index in [0.717, 1.165) is 11.4 Å². The third kappa shape index (κ3) is 5.44. The first kappa shape index (κ1) is 23.9. The van der Waals surface area contributed by atoms with Gasteiger partial charge < -0.3 is 26.2 Å². The van der Waals surface area contributed by atoms with Crippen molar-refractivity contribution in [1.82, 2.24) is 19.9 Å². The van der Waals surface area contributed by atoms with E-state index in [1.807, 2.05) is 32.0 Å². The van der Waals surface area contributed by atoms with Crippen LogP contribution in [0, 0.1) is 13.8 Å². The van der Waals surface area contributed by atoms with Crippen LogP contribution in [-0.4, -0.2) is 64.4 Å². The molecular formula is C22H25ClN8O2S. The SMILES string of the molecule is Cc1nc(Nc2ncc(C(=O)Nc3c(C)cccc3Cl)s2)cc(N2CCN(C(=O)CN)CC2)n1. The maximum atomic E-state index is 12.7. The summed E-state index contributed by atoms with van der Waals surface area (Å²) in [5.41, 5.74) is 6.92. The lowest BCUT2D eigenvalue weighted by atomic mass is 10.2. The normalized spacial score (nSPS) is 13.6. The molecule has 4 N–H and O–H groups in total. The minimum atomic E-state index is -0.286. The molecule has 0 atom stereocenters. The molecule has 2 aromatic heterocycles. The molecule has 34 heavy (non-hydrogen) atoms. The fourth-order valence-corrected chi connectivity index (χ4v) is 4.59. The number of nitrogens with two attached hydrogens (primary N) is 1. The van der Waals surface area contributed by atoms with Crippen molar-refractivity contribution < 1.29 is 9.59 Å². The van der Waals surface area contributed by atoms with Crippen molar-refractivity contribution in [2.75, 3.05) is 48.3 Å². The Labute approximate surface area is 206 Å². The first-order valence-corrected chi connectivity index (χ1v) is 11.9. The van der Waals surface area contributed by atoms with E-state index in [4.69, 9.17) is 17.3 Å². The van der Waals surface area contributed by atoms with E-state index in [2.05, 4.69) is 30.5 Å². The Hall–Kier alpha value is -3.28. The van der Waals surface area contributed by atoms with Gasteiger partial charge in [-0.2, -0.15) is 0 Å². The van der Waals surface area contributed by atoms with Crippen LogP contribution >= 0.6 is 22.9 Å². The van der Waals surface area contributed by atoms with Crippen LogP contribution in [0.15, 0.2) is 30.5 Å². The molecule has 1 saturated heterocycles. The van der Waals surface area contributed by atoms with Crippen molar-refractivity contribution in [2.24, 2.45) is 5.73 Å². The van der Waals surface area contributed by atoms with E-state index in [-0.39, 0.29) is 18.4 Å². The van der Waals surface area contributed by atoms with Gasteiger partial charge in [-0.25, -0.2) is 15.0 Å². The number of aryl methyl sites for hydroxylation is 2. The van der Waals surface area contributed by atoms with Crippen molar-refractivity contribution in [1.29, 1.82) is 0 Å². The number of thiazole rings is 1. The molecule has 10 nitrogen and oxygen atoms in total. The summed E-state index contributed by atoms with van der Waals surface area (Å²) in [5.74, 6) is 1.61. The summed E-state index contributed by atoms with van der Waals surface area (Å²) >= 11 is 7.43. The number of hydrogen-bond acceptors (Lipinski definition) is 9. The molecule has 1 aliphatic heterocycles. The minimum Gasteiger partial charge on any atom is -0.353 e. The van der Waals surface area contributed by atoms with Crippen LogP contribution in [0.4, 0.5) is 22.5 Å². The van der Waals surface area contributed by atoms with Gasteiger partial charge in [-0.05, 0) is 25.5 Å². The van der Waals surface area contributed by atoms with Crippen LogP contribution in [-0.2, 0) is 4.79 Å². The molecule has 12 heteroatoms. The first-order chi connectivity index (χ1) is 16.3. The molecule has 0 saturated carbocycles. The fourth-order valence-electron chi connectivity index (χ4n) is 3.60. The van der Waals surface area contributed by atoms with Crippen molar-refractivity contribution in [3.8, 4) is 0 Å². The molecule has 0 bridgehead atoms. The van der Waals surface area contributed by atoms with Crippen LogP contribution in [0.25, 0.3) is 0 Å². The predicted octanol–water partition coefficient (Wildman–Crippen LogP) is 2.81. The Bertz CT molecular complexity index is 1190. The first-order valence-electron chi connectivity index (χ1n) is 10.7. The largest absolute Gasteiger partial charge is 0.353 e. The average Bonchev–Trinajstić information content (AvgIpc) is 3.29. The van der Waals surface area contributed by atoms with Crippen LogP contribution in [0.5, 0.6) is 0 Å². The molecule has 178 valence electrons. The molecule has 0 radical (unpaired) electrons. The maximum absolute atomic E-state index is 12.7. The van der Waals surface area contributed by atoms with Gasteiger partial charge in [-0.15, -0.1) is 0 Å². The summed E-state index contributed by atoms with van der Waals surface area (Å²) in [6.07, 6.45) is 1.51. The van der Waals surface area contributed by atoms with E-state index >= 15 is 0 Å². The molecular weight excluding hydrogens is 476 g/mol. The second kappa shape index (κ2) is 10.3. The molecule has 1 fully saturated rings. The molecule has 0 spiro atoms. The lowest BCUT2D eigenvalue weighted by Gasteiger charge is -2.35. The smallest absolute Gasteiger partial charge is 0.267 e. The molecule has 4 rings (SSSR count). The van der Waals surface area contributed by atoms with E-state index in [0.29, 0.717) is 58.5 Å². The Morgan fingerprint density at radius 1 is 1.18 bits per heavy atom. The van der Waals surface area contributed by atoms with Gasteiger partial charge in [0.15, 0.2) is 5.13 Å². The summed E-state index contributed by atoms with van der Waals surface area (Å²) in [6.45, 7) is 6.22. The summed E-state index contributed by atoms with van der Waals surface area (Å²) < 4.78 is 0. The van der Waals surface area contributed by atoms with Crippen LogP contribution in [0.2, 0.25) is 5.02 Å². The summed E-state index contributed by atoms with van der Waals surface area (Å²) in [4.78, 5) is 42.1. The number of halogens is 1. The molecule has 1 aliphatic rings. The summed E-state index contributed by atoms with van der Waals surface area (Å²) in [5, 5.41) is 7.03. The maximum Gasteiger partial charge on any atom is 0.267 e. The number of anilines is 4. The number of nitrogens with one attached hydrogen (secondary N) is 2. The van der Waals surface area contributed by atoms with Gasteiger partial charge >= 0.3 is 0 Å². The topological polar surface area (TPSA) is 129 Å². The third-order valence-electron chi connectivity index (χ3n) is 5.38. The number of nitrogens with zero attached hydrogens (tertiary/aromatic N) is 5. The highest BCUT2D eigenvalue weighted by Crippen LogP contribution is 2.28. The Kier molecular flexibility index (Phi) is 7.25. The minimum absolute atomic E-state index is 0.0203. The molecule has 2 amide bonds. The number of benzene rings is 1. The fraction of sp³-hybridized carbons (Fsp3) is 0.318. The zero-order valence-electron chi connectivity index (χ0n) is 18.8. The number of piperazine rings is 1. The quantitative estimate of drug-likeness (QED) is 0.471. The second-order valence-corrected chi connectivity index (χ2v) is 9.21. The zero-order valence-corrected chi connectivity index (χ0v) is 20.4. The van der Waals surface area contributed by atoms with E-state index in [9.17, 15) is 9.59 Å². The molecule has 1 aromatic carbocycles. The Morgan fingerprint density at radius 3 is 2.65 bits per heavy atom. The standard InChI is InChI=1S/C22H25ClN8O2S/c1-13-4-3-5-15(23)20(13)29-21(33)16-12-25-22(34-16)28-17-10-18(27-14(2)26-17)30-6-8-31(9-7-30)19(32)11-24/h3-5,10,12H,6-9,11,24H2,1-2H3,(H,29,33)(H,25,26,27,28). The molecule has 0 unspecified atom stereocenters. The highest BCUT2D eigenvalue weighted by Gasteiger charge is 2.22. The number of hydrogen-bond donors (Lipinski definition) is 3. The lowest BCUT2D eigenvalue weighted by molar-refractivity contribution is -0.129. The second-order valence-electron chi connectivity index (χ2n) is 7.77. The third-order valence-corrected chi connectivity index (χ3v) is 6.61. The lowest BCUT2D eigenvalue weighted by Crippen LogP contribution is -2.50. The van der Waals surface area contributed by atoms with Gasteiger partial charge in [0.2, 0.25) is 5.91 Å². The van der Waals surface area contributed by atoms with Crippen LogP contribution in [0.3, 0.4) is 0 Å². The summed E-state index contributed by atoms with van der Waals surface area (Å²) in [6, 6.07) is 7.28. The number of carbonyl (C=O) groups excluding carboxylic acids is 2. The van der Waals surface area contributed by atoms with Crippen molar-refractivity contribution in [3.05, 3.63) is 51.7 Å². The highest BCUT2D eigenvalue weighted by molar-refractivity contribution is 7.17. The van der Waals surface area contributed by atoms with Gasteiger partial charge in [-0.3, -0.25) is 9.59 Å². The number of carbonyl (C=O) groups is 2. The average molecular weight is 501 g/mol. The van der Waals surface area contributed by atoms with Gasteiger partial charge in [0.1, 0.15) is 22.3 Å². The molecule has 3 aromatic rings. The zero-order chi connectivity index (χ0) is 24.2. The van der Waals surface area contributed by atoms with Crippen molar-refractivity contribution in [2.45, 2.75) is 13.8 Å². The number of amides is 2. The van der Waals surface area contributed by atoms with Gasteiger partial charge in [0.05, 0.1) is 23.5 Å². The van der Waals surface area contributed by atoms with Gasteiger partial charge in [0.25, 0.3) is 5.91 Å². The van der Waals surface area contributed by atoms with Gasteiger partial charge in [0, 0.05) is 32.2 Å². The number of para-hydroxylation sites is 1. The van der Waals surface area contributed by atoms with E-state index in [1.165, 1.54) is 17.5 Å². The van der Waals surface area contributed by atoms with Crippen LogP contribution < -0.4 is 21.3 Å². The molecule has 3 heterocycles. The Morgan fingerprint density at radius 2 is 1.94 bits per heavy atom. The predicted molar refractivity (Wildman–Crippen MR) is 134 cm³/mol. The van der Waals surface area contributed by atoms with Gasteiger partial charge in [-0.1, -0.05) is 35.1 Å². The van der Waals surface area contributed by atoms with Crippen molar-refractivity contribution >= 4 is 57.2 Å².